The van der Waals surface area contributed by atoms with Crippen molar-refractivity contribution < 1.29 is 38.1 Å². The highest BCUT2D eigenvalue weighted by atomic mass is 32.2. The minimum absolute atomic E-state index is 0.130. The first-order valence-corrected chi connectivity index (χ1v) is 12.9. The third-order valence-corrected chi connectivity index (χ3v) is 7.14. The largest absolute Gasteiger partial charge is 0.492 e. The normalized spacial score (nSPS) is 18.3. The molecule has 2 aromatic rings. The van der Waals surface area contributed by atoms with Crippen molar-refractivity contribution in [3.05, 3.63) is 58.5 Å². The highest BCUT2D eigenvalue weighted by molar-refractivity contribution is 8.26. The van der Waals surface area contributed by atoms with E-state index in [4.69, 9.17) is 26.8 Å². The lowest BCUT2D eigenvalue weighted by Crippen LogP contribution is -2.46. The fourth-order valence-electron chi connectivity index (χ4n) is 3.77. The van der Waals surface area contributed by atoms with Crippen LogP contribution in [0.5, 0.6) is 5.75 Å². The molecule has 2 aromatic carbocycles. The summed E-state index contributed by atoms with van der Waals surface area (Å²) in [4.78, 5) is 26.3. The highest BCUT2D eigenvalue weighted by Crippen LogP contribution is 2.35. The second kappa shape index (κ2) is 12.7. The van der Waals surface area contributed by atoms with E-state index in [2.05, 4.69) is 10.3 Å². The number of carboxylic acid groups (broad SMARTS) is 1. The van der Waals surface area contributed by atoms with Crippen LogP contribution in [0.2, 0.25) is 0 Å². The van der Waals surface area contributed by atoms with Gasteiger partial charge in [0.15, 0.2) is 22.1 Å². The number of aliphatic carboxylic acids is 1. The van der Waals surface area contributed by atoms with Crippen LogP contribution < -0.4 is 10.2 Å². The number of carbonyl (C=O) groups excluding carboxylic acids is 1. The number of nitrogens with zero attached hydrogens (tertiary/aromatic N) is 2. The second-order valence-corrected chi connectivity index (χ2v) is 10.1. The lowest BCUT2D eigenvalue weighted by Gasteiger charge is -2.26. The van der Waals surface area contributed by atoms with Crippen molar-refractivity contribution in [1.82, 2.24) is 15.3 Å². The molecule has 9 nitrogen and oxygen atoms in total. The Morgan fingerprint density at radius 1 is 1.18 bits per heavy atom. The quantitative estimate of drug-likeness (QED) is 0.294. The Balaban J connectivity index is 1.58. The number of nitrogens with one attached hydrogen (secondary N) is 1. The Morgan fingerprint density at radius 3 is 2.61 bits per heavy atom. The Hall–Kier alpha value is -2.94. The number of carboxylic acids is 1. The molecule has 2 heterocycles. The molecule has 13 heteroatoms. The third kappa shape index (κ3) is 6.92. The molecule has 0 spiro atoms. The molecular formula is C25H25F2N3O6S2. The predicted molar refractivity (Wildman–Crippen MR) is 141 cm³/mol. The van der Waals surface area contributed by atoms with E-state index in [1.54, 1.807) is 24.3 Å². The van der Waals surface area contributed by atoms with Gasteiger partial charge in [0.05, 0.1) is 24.7 Å². The molecule has 2 fully saturated rings. The van der Waals surface area contributed by atoms with Gasteiger partial charge in [-0.1, -0.05) is 36.1 Å². The number of morpholine rings is 1. The number of hydrogen-bond acceptors (Lipinski definition) is 9. The zero-order chi connectivity index (χ0) is 27.2. The molecule has 2 aliphatic rings. The molecule has 202 valence electrons. The predicted octanol–water partition coefficient (Wildman–Crippen LogP) is 2.49. The first-order chi connectivity index (χ1) is 18.2. The minimum atomic E-state index is -1.72. The summed E-state index contributed by atoms with van der Waals surface area (Å²) < 4.78 is 38.9. The topological polar surface area (TPSA) is 112 Å². The molecule has 2 saturated heterocycles. The number of thiocarbonyl (C=S) groups is 1. The summed E-state index contributed by atoms with van der Waals surface area (Å²) in [5.41, 5.74) is 4.07. The van der Waals surface area contributed by atoms with Gasteiger partial charge in [0.25, 0.3) is 5.91 Å². The second-order valence-electron chi connectivity index (χ2n) is 8.42. The molecule has 1 atom stereocenters. The van der Waals surface area contributed by atoms with Crippen molar-refractivity contribution in [2.75, 3.05) is 46.0 Å². The van der Waals surface area contributed by atoms with Crippen LogP contribution in [0.3, 0.4) is 0 Å². The molecule has 2 aliphatic heterocycles. The van der Waals surface area contributed by atoms with Crippen LogP contribution >= 0.6 is 24.0 Å². The van der Waals surface area contributed by atoms with Crippen molar-refractivity contribution >= 4 is 46.3 Å². The summed E-state index contributed by atoms with van der Waals surface area (Å²) in [6, 6.07) is 8.70. The maximum absolute atomic E-state index is 13.9. The van der Waals surface area contributed by atoms with Crippen LogP contribution in [-0.2, 0) is 14.3 Å². The van der Waals surface area contributed by atoms with Crippen molar-refractivity contribution in [2.45, 2.75) is 6.10 Å². The Kier molecular flexibility index (Phi) is 9.41. The van der Waals surface area contributed by atoms with Gasteiger partial charge >= 0.3 is 5.97 Å². The van der Waals surface area contributed by atoms with Gasteiger partial charge in [0, 0.05) is 25.2 Å². The van der Waals surface area contributed by atoms with E-state index in [1.807, 2.05) is 0 Å². The van der Waals surface area contributed by atoms with Crippen LogP contribution in [0.15, 0.2) is 41.3 Å². The van der Waals surface area contributed by atoms with Gasteiger partial charge in [0.2, 0.25) is 0 Å². The fraction of sp³-hybridized carbons (Fsp3) is 0.320. The zero-order valence-electron chi connectivity index (χ0n) is 20.1. The lowest BCUT2D eigenvalue weighted by molar-refractivity contribution is -0.147. The molecule has 3 N–H and O–H groups in total. The van der Waals surface area contributed by atoms with Gasteiger partial charge in [0.1, 0.15) is 12.4 Å². The van der Waals surface area contributed by atoms with Crippen molar-refractivity contribution in [1.29, 1.82) is 0 Å². The molecule has 0 aliphatic carbocycles. The highest BCUT2D eigenvalue weighted by Gasteiger charge is 2.33. The standard InChI is InChI=1S/C25H25F2N3O6S2/c26-18-3-1-16(12-19(18)27)15-2-4-21(36-10-7-29-5-8-35-9-6-29)17(11-15)13-22-23(32)30(25(37)38-22)28-14-20(31)24(33)34/h1-4,11-13,20,28,31H,5-10,14H2,(H,33,34). The van der Waals surface area contributed by atoms with Gasteiger partial charge < -0.3 is 19.7 Å². The summed E-state index contributed by atoms with van der Waals surface area (Å²) in [6.07, 6.45) is -0.148. The van der Waals surface area contributed by atoms with Crippen LogP contribution in [-0.4, -0.2) is 88.4 Å². The molecule has 0 bridgehead atoms. The minimum Gasteiger partial charge on any atom is -0.492 e. The van der Waals surface area contributed by atoms with Gasteiger partial charge in [-0.2, -0.15) is 0 Å². The molecule has 0 aromatic heterocycles. The van der Waals surface area contributed by atoms with E-state index in [9.17, 15) is 23.5 Å². The number of halogens is 2. The molecule has 38 heavy (non-hydrogen) atoms. The van der Waals surface area contributed by atoms with Crippen LogP contribution in [0.1, 0.15) is 5.56 Å². The van der Waals surface area contributed by atoms with Gasteiger partial charge in [-0.15, -0.1) is 0 Å². The van der Waals surface area contributed by atoms with Crippen LogP contribution in [0.4, 0.5) is 8.78 Å². The molecule has 1 amide bonds. The number of ether oxygens (including phenoxy) is 2. The van der Waals surface area contributed by atoms with E-state index < -0.39 is 36.2 Å². The molecule has 4 rings (SSSR count). The number of rotatable bonds is 10. The third-order valence-electron chi connectivity index (χ3n) is 5.84. The van der Waals surface area contributed by atoms with E-state index >= 15 is 0 Å². The SMILES string of the molecule is O=C(O)C(O)CNN1C(=O)C(=Cc2cc(-c3ccc(F)c(F)c3)ccc2OCCN2CCOCC2)SC1=S. The van der Waals surface area contributed by atoms with Crippen LogP contribution in [0.25, 0.3) is 17.2 Å². The maximum Gasteiger partial charge on any atom is 0.333 e. The first-order valence-electron chi connectivity index (χ1n) is 11.7. The molecular weight excluding hydrogens is 540 g/mol. The zero-order valence-corrected chi connectivity index (χ0v) is 21.7. The molecule has 0 radical (unpaired) electrons. The number of amides is 1. The molecule has 0 saturated carbocycles. The Morgan fingerprint density at radius 2 is 1.89 bits per heavy atom. The number of carbonyl (C=O) groups is 2. The smallest absolute Gasteiger partial charge is 0.333 e. The monoisotopic (exact) mass is 565 g/mol. The average molecular weight is 566 g/mol. The lowest BCUT2D eigenvalue weighted by atomic mass is 10.0. The van der Waals surface area contributed by atoms with E-state index in [1.165, 1.54) is 6.07 Å². The number of hydrogen-bond donors (Lipinski definition) is 3. The van der Waals surface area contributed by atoms with E-state index in [0.717, 1.165) is 42.0 Å². The summed E-state index contributed by atoms with van der Waals surface area (Å²) >= 11 is 6.23. The Labute approximate surface area is 227 Å². The van der Waals surface area contributed by atoms with Crippen molar-refractivity contribution in [3.8, 4) is 16.9 Å². The van der Waals surface area contributed by atoms with Crippen LogP contribution in [0, 0.1) is 11.6 Å². The number of hydrazine groups is 1. The van der Waals surface area contributed by atoms with Gasteiger partial charge in [-0.3, -0.25) is 9.69 Å². The number of aliphatic hydroxyl groups is 1. The van der Waals surface area contributed by atoms with Gasteiger partial charge in [-0.05, 0) is 41.5 Å². The maximum atomic E-state index is 13.9. The Bertz CT molecular complexity index is 1260. The first kappa shape index (κ1) is 28.1. The fourth-order valence-corrected chi connectivity index (χ4v) is 4.98. The van der Waals surface area contributed by atoms with Crippen molar-refractivity contribution in [3.63, 3.8) is 0 Å². The summed E-state index contributed by atoms with van der Waals surface area (Å²) in [6.45, 7) is 3.55. The van der Waals surface area contributed by atoms with E-state index in [0.29, 0.717) is 48.8 Å². The number of benzene rings is 2. The molecule has 1 unspecified atom stereocenters. The van der Waals surface area contributed by atoms with E-state index in [-0.39, 0.29) is 9.23 Å². The summed E-state index contributed by atoms with van der Waals surface area (Å²) in [7, 11) is 0. The summed E-state index contributed by atoms with van der Waals surface area (Å²) in [5.74, 6) is -3.43. The number of thioether (sulfide) groups is 1. The van der Waals surface area contributed by atoms with Gasteiger partial charge in [-0.25, -0.2) is 24.0 Å². The summed E-state index contributed by atoms with van der Waals surface area (Å²) in [5, 5.41) is 19.4. The average Bonchev–Trinajstić information content (AvgIpc) is 3.17. The van der Waals surface area contributed by atoms with Crippen molar-refractivity contribution in [2.24, 2.45) is 0 Å². The number of aliphatic hydroxyl groups excluding tert-OH is 1.